The molecule has 4 rings (SSSR count). The van der Waals surface area contributed by atoms with Crippen LogP contribution in [-0.4, -0.2) is 36.1 Å². The van der Waals surface area contributed by atoms with Crippen molar-refractivity contribution < 1.29 is 10.3 Å². The van der Waals surface area contributed by atoms with Gasteiger partial charge in [0.15, 0.2) is 5.84 Å². The molecule has 0 saturated heterocycles. The molecule has 2 aromatic carbocycles. The second kappa shape index (κ2) is 7.86. The maximum Gasteiger partial charge on any atom is 0.333 e. The predicted octanol–water partition coefficient (Wildman–Crippen LogP) is 2.04. The van der Waals surface area contributed by atoms with Crippen LogP contribution in [0.4, 0.5) is 0 Å². The van der Waals surface area contributed by atoms with Gasteiger partial charge in [0.05, 0.1) is 0 Å². The number of nitrogens with zero attached hydrogens (tertiary/aromatic N) is 5. The second-order valence-corrected chi connectivity index (χ2v) is 7.41. The number of hydrogen-bond donors (Lipinski definition) is 2. The molecule has 10 heteroatoms. The fraction of sp³-hybridized carbons (Fsp3) is 0.143. The highest BCUT2D eigenvalue weighted by Crippen LogP contribution is 2.32. The van der Waals surface area contributed by atoms with E-state index in [0.717, 1.165) is 14.2 Å². The van der Waals surface area contributed by atoms with Gasteiger partial charge in [0.2, 0.25) is 5.88 Å². The number of aromatic hydroxyl groups is 1. The van der Waals surface area contributed by atoms with E-state index in [2.05, 4.69) is 10.2 Å². The number of benzene rings is 2. The molecule has 31 heavy (non-hydrogen) atoms. The molecule has 0 fully saturated rings. The van der Waals surface area contributed by atoms with E-state index in [1.165, 1.54) is 14.1 Å². The molecule has 2 N–H and O–H groups in total. The molecule has 3 aromatic rings. The smallest absolute Gasteiger partial charge is 0.333 e. The van der Waals surface area contributed by atoms with E-state index in [0.29, 0.717) is 16.1 Å². The molecule has 0 amide bonds. The van der Waals surface area contributed by atoms with Crippen LogP contribution in [-0.2, 0) is 14.1 Å². The normalized spacial score (nSPS) is 16.1. The number of amidine groups is 1. The Bertz CT molecular complexity index is 1330. The Morgan fingerprint density at radius 2 is 1.55 bits per heavy atom. The van der Waals surface area contributed by atoms with Gasteiger partial charge < -0.3 is 5.11 Å². The molecule has 1 aliphatic rings. The van der Waals surface area contributed by atoms with Gasteiger partial charge in [-0.25, -0.2) is 9.86 Å². The molecule has 0 saturated carbocycles. The summed E-state index contributed by atoms with van der Waals surface area (Å²) >= 11 is 5.95. The van der Waals surface area contributed by atoms with Crippen LogP contribution in [0.25, 0.3) is 0 Å². The van der Waals surface area contributed by atoms with E-state index in [4.69, 9.17) is 11.6 Å². The lowest BCUT2D eigenvalue weighted by Gasteiger charge is -2.32. The maximum absolute atomic E-state index is 13.0. The lowest BCUT2D eigenvalue weighted by molar-refractivity contribution is -0.0360. The fourth-order valence-corrected chi connectivity index (χ4v) is 3.54. The first-order chi connectivity index (χ1) is 14.8. The molecule has 158 valence electrons. The third-order valence-electron chi connectivity index (χ3n) is 5.09. The zero-order valence-corrected chi connectivity index (χ0v) is 17.4. The highest BCUT2D eigenvalue weighted by molar-refractivity contribution is 6.30. The average Bonchev–Trinajstić information content (AvgIpc) is 2.79. The van der Waals surface area contributed by atoms with Crippen molar-refractivity contribution in [3.05, 3.63) is 97.1 Å². The van der Waals surface area contributed by atoms with Crippen molar-refractivity contribution in [3.63, 3.8) is 0 Å². The van der Waals surface area contributed by atoms with E-state index >= 15 is 0 Å². The summed E-state index contributed by atoms with van der Waals surface area (Å²) in [5.74, 6) is -0.519. The van der Waals surface area contributed by atoms with Crippen LogP contribution >= 0.6 is 11.6 Å². The van der Waals surface area contributed by atoms with E-state index < -0.39 is 23.2 Å². The van der Waals surface area contributed by atoms with E-state index in [-0.39, 0.29) is 17.1 Å². The molecule has 0 unspecified atom stereocenters. The molecule has 2 heterocycles. The van der Waals surface area contributed by atoms with Gasteiger partial charge in [-0.15, -0.1) is 5.10 Å². The van der Waals surface area contributed by atoms with Crippen molar-refractivity contribution in [3.8, 4) is 5.88 Å². The molecular formula is C21H18ClN5O4. The summed E-state index contributed by atoms with van der Waals surface area (Å²) < 4.78 is 1.79. The first kappa shape index (κ1) is 20.6. The average molecular weight is 440 g/mol. The summed E-state index contributed by atoms with van der Waals surface area (Å²) in [6, 6.07) is 14.1. The second-order valence-electron chi connectivity index (χ2n) is 6.97. The van der Waals surface area contributed by atoms with Crippen LogP contribution in [0, 0.1) is 0 Å². The van der Waals surface area contributed by atoms with Crippen LogP contribution in [0.2, 0.25) is 5.02 Å². The molecule has 1 atom stereocenters. The number of hydroxylamine groups is 2. The summed E-state index contributed by atoms with van der Waals surface area (Å²) in [4.78, 5) is 25.2. The van der Waals surface area contributed by atoms with Crippen molar-refractivity contribution in [2.24, 2.45) is 24.3 Å². The van der Waals surface area contributed by atoms with Gasteiger partial charge in [-0.1, -0.05) is 41.9 Å². The molecule has 9 nitrogen and oxygen atoms in total. The molecular weight excluding hydrogens is 422 g/mol. The zero-order valence-electron chi connectivity index (χ0n) is 16.6. The van der Waals surface area contributed by atoms with Gasteiger partial charge in [-0.2, -0.15) is 5.10 Å². The molecule has 0 bridgehead atoms. The van der Waals surface area contributed by atoms with E-state index in [1.54, 1.807) is 48.5 Å². The summed E-state index contributed by atoms with van der Waals surface area (Å²) in [7, 11) is 2.63. The van der Waals surface area contributed by atoms with Crippen molar-refractivity contribution in [1.29, 1.82) is 0 Å². The zero-order chi connectivity index (χ0) is 22.3. The summed E-state index contributed by atoms with van der Waals surface area (Å²) in [6.45, 7) is 0. The van der Waals surface area contributed by atoms with Gasteiger partial charge in [0, 0.05) is 30.2 Å². The third kappa shape index (κ3) is 3.43. The van der Waals surface area contributed by atoms with Crippen LogP contribution < -0.4 is 11.2 Å². The van der Waals surface area contributed by atoms with Gasteiger partial charge in [-0.3, -0.25) is 19.1 Å². The van der Waals surface area contributed by atoms with Crippen molar-refractivity contribution >= 4 is 23.1 Å². The van der Waals surface area contributed by atoms with Crippen LogP contribution in [0.3, 0.4) is 0 Å². The summed E-state index contributed by atoms with van der Waals surface area (Å²) in [6.07, 6.45) is 0. The topological polar surface area (TPSA) is 112 Å². The number of halogens is 1. The minimum Gasteiger partial charge on any atom is -0.494 e. The molecule has 0 radical (unpaired) electrons. The van der Waals surface area contributed by atoms with Crippen LogP contribution in [0.1, 0.15) is 22.7 Å². The molecule has 1 aromatic heterocycles. The first-order valence-corrected chi connectivity index (χ1v) is 9.63. The monoisotopic (exact) mass is 439 g/mol. The lowest BCUT2D eigenvalue weighted by atomic mass is 9.96. The Morgan fingerprint density at radius 3 is 2.19 bits per heavy atom. The number of aromatic nitrogens is 2. The first-order valence-electron chi connectivity index (χ1n) is 9.25. The standard InChI is InChI=1S/C21H18ClN5O4/c1-25-19(28)15(20(29)26(2)21(25)30)17-16(12-6-4-3-5-7-12)23-24-18(27(17)31)13-8-10-14(22)11-9-13/h3-11,17,28,31H,1-2H3/t17-/m1/s1. The van der Waals surface area contributed by atoms with Crippen molar-refractivity contribution in [2.45, 2.75) is 6.04 Å². The van der Waals surface area contributed by atoms with Gasteiger partial charge in [-0.05, 0) is 24.3 Å². The lowest BCUT2D eigenvalue weighted by Crippen LogP contribution is -2.46. The Morgan fingerprint density at radius 1 is 0.903 bits per heavy atom. The Labute approximate surface area is 181 Å². The quantitative estimate of drug-likeness (QED) is 0.648. The van der Waals surface area contributed by atoms with E-state index in [9.17, 15) is 19.9 Å². The summed E-state index contributed by atoms with van der Waals surface area (Å²) in [5.41, 5.74) is -0.362. The molecule has 0 aliphatic carbocycles. The Balaban J connectivity index is 1.98. The fourth-order valence-electron chi connectivity index (χ4n) is 3.41. The minimum atomic E-state index is -1.23. The highest BCUT2D eigenvalue weighted by atomic mass is 35.5. The van der Waals surface area contributed by atoms with Gasteiger partial charge >= 0.3 is 5.69 Å². The maximum atomic E-state index is 13.0. The number of rotatable bonds is 3. The molecule has 0 spiro atoms. The predicted molar refractivity (Wildman–Crippen MR) is 116 cm³/mol. The Hall–Kier alpha value is -3.69. The Kier molecular flexibility index (Phi) is 5.22. The van der Waals surface area contributed by atoms with Crippen LogP contribution in [0.15, 0.2) is 74.4 Å². The highest BCUT2D eigenvalue weighted by Gasteiger charge is 2.38. The minimum absolute atomic E-state index is 0.0525. The third-order valence-corrected chi connectivity index (χ3v) is 5.34. The van der Waals surface area contributed by atoms with Gasteiger partial charge in [0.25, 0.3) is 5.56 Å². The van der Waals surface area contributed by atoms with Crippen molar-refractivity contribution in [2.75, 3.05) is 0 Å². The van der Waals surface area contributed by atoms with Gasteiger partial charge in [0.1, 0.15) is 17.3 Å². The SMILES string of the molecule is Cn1c(O)c([C@@H]2C(c3ccccc3)=NN=C(c3ccc(Cl)cc3)N2O)c(=O)n(C)c1=O. The molecule has 1 aliphatic heterocycles. The van der Waals surface area contributed by atoms with Crippen LogP contribution in [0.5, 0.6) is 5.88 Å². The largest absolute Gasteiger partial charge is 0.494 e. The summed E-state index contributed by atoms with van der Waals surface area (Å²) in [5, 5.41) is 31.6. The van der Waals surface area contributed by atoms with E-state index in [1.807, 2.05) is 6.07 Å². The number of hydrogen-bond acceptors (Lipinski definition) is 7. The van der Waals surface area contributed by atoms with Crippen molar-refractivity contribution in [1.82, 2.24) is 14.2 Å².